The van der Waals surface area contributed by atoms with Crippen LogP contribution in [0.3, 0.4) is 0 Å². The number of H-pyrrole nitrogens is 1. The third-order valence-electron chi connectivity index (χ3n) is 3.94. The number of ether oxygens (including phenoxy) is 1. The van der Waals surface area contributed by atoms with Gasteiger partial charge in [0.05, 0.1) is 18.5 Å². The second kappa shape index (κ2) is 8.76. The monoisotopic (exact) mass is 524 g/mol. The molecule has 3 heterocycles. The second-order valence-electron chi connectivity index (χ2n) is 6.37. The minimum absolute atomic E-state index is 0.0680. The lowest BCUT2D eigenvalue weighted by Crippen LogP contribution is -2.31. The van der Waals surface area contributed by atoms with Crippen LogP contribution in [0.4, 0.5) is 4.39 Å². The SMILES string of the molecule is Cc1nn2c([C@@H]3O[C@H](COP(=O)(O)OP(=O)(O)OP(=O)(O)O)[C@@H](O)[C@H]3F)cnc2c(=O)[nH]1. The lowest BCUT2D eigenvalue weighted by Gasteiger charge is -2.19. The number of hydrogen-bond acceptors (Lipinski definition) is 11. The predicted molar refractivity (Wildman–Crippen MR) is 96.7 cm³/mol. The summed E-state index contributed by atoms with van der Waals surface area (Å²) in [6.45, 7) is 0.388. The maximum Gasteiger partial charge on any atom is 0.490 e. The number of nitrogens with zero attached hydrogens (tertiary/aromatic N) is 3. The highest BCUT2D eigenvalue weighted by Gasteiger charge is 2.48. The van der Waals surface area contributed by atoms with Crippen molar-refractivity contribution in [3.05, 3.63) is 28.1 Å². The normalized spacial score (nSPS) is 28.0. The molecule has 0 aliphatic carbocycles. The molecule has 0 radical (unpaired) electrons. The second-order valence-corrected chi connectivity index (χ2v) is 10.8. The average Bonchev–Trinajstić information content (AvgIpc) is 3.12. The Bertz CT molecular complexity index is 1210. The van der Waals surface area contributed by atoms with E-state index in [9.17, 15) is 32.9 Å². The number of aromatic nitrogens is 4. The van der Waals surface area contributed by atoms with Crippen molar-refractivity contribution in [1.29, 1.82) is 0 Å². The summed E-state index contributed by atoms with van der Waals surface area (Å²) in [4.78, 5) is 53.6. The average molecular weight is 524 g/mol. The summed E-state index contributed by atoms with van der Waals surface area (Å²) in [6, 6.07) is 0. The molecule has 17 nitrogen and oxygen atoms in total. The molecule has 32 heavy (non-hydrogen) atoms. The van der Waals surface area contributed by atoms with Crippen LogP contribution in [0.25, 0.3) is 5.65 Å². The van der Waals surface area contributed by atoms with E-state index in [1.807, 2.05) is 0 Å². The molecule has 0 amide bonds. The highest BCUT2D eigenvalue weighted by atomic mass is 31.3. The fourth-order valence-electron chi connectivity index (χ4n) is 2.78. The highest BCUT2D eigenvalue weighted by Crippen LogP contribution is 2.66. The Kier molecular flexibility index (Phi) is 6.91. The molecule has 2 unspecified atom stereocenters. The number of aliphatic hydroxyl groups excluding tert-OH is 1. The summed E-state index contributed by atoms with van der Waals surface area (Å²) in [5.74, 6) is 0.167. The van der Waals surface area contributed by atoms with Crippen LogP contribution >= 0.6 is 23.5 Å². The van der Waals surface area contributed by atoms with Gasteiger partial charge in [-0.2, -0.15) is 13.7 Å². The highest BCUT2D eigenvalue weighted by molar-refractivity contribution is 7.66. The lowest BCUT2D eigenvalue weighted by atomic mass is 10.1. The number of phosphoric acid groups is 3. The molecule has 1 fully saturated rings. The number of rotatable bonds is 8. The molecule has 2 aromatic rings. The third-order valence-corrected chi connectivity index (χ3v) is 7.74. The van der Waals surface area contributed by atoms with Crippen LogP contribution in [0.5, 0.6) is 0 Å². The number of fused-ring (bicyclic) bond motifs is 1. The number of imidazole rings is 1. The van der Waals surface area contributed by atoms with Gasteiger partial charge in [0.25, 0.3) is 5.56 Å². The van der Waals surface area contributed by atoms with Crippen LogP contribution in [-0.2, 0) is 31.6 Å². The van der Waals surface area contributed by atoms with Gasteiger partial charge in [-0.1, -0.05) is 0 Å². The maximum absolute atomic E-state index is 14.7. The van der Waals surface area contributed by atoms with Gasteiger partial charge in [-0.05, 0) is 6.92 Å². The van der Waals surface area contributed by atoms with Gasteiger partial charge >= 0.3 is 23.5 Å². The minimum atomic E-state index is -5.74. The molecule has 6 atom stereocenters. The number of halogens is 1. The Balaban J connectivity index is 1.72. The van der Waals surface area contributed by atoms with Crippen LogP contribution in [0.2, 0.25) is 0 Å². The van der Waals surface area contributed by atoms with Crippen molar-refractivity contribution in [2.75, 3.05) is 6.61 Å². The molecule has 1 aliphatic heterocycles. The van der Waals surface area contributed by atoms with Gasteiger partial charge in [0, 0.05) is 0 Å². The van der Waals surface area contributed by atoms with Gasteiger partial charge in [0.15, 0.2) is 6.17 Å². The number of aliphatic hydroxyl groups is 1. The molecule has 180 valence electrons. The van der Waals surface area contributed by atoms with Crippen molar-refractivity contribution in [2.24, 2.45) is 0 Å². The Hall–Kier alpha value is -1.39. The largest absolute Gasteiger partial charge is 0.490 e. The molecule has 0 bridgehead atoms. The topological polar surface area (TPSA) is 252 Å². The van der Waals surface area contributed by atoms with Crippen molar-refractivity contribution in [3.63, 3.8) is 0 Å². The number of hydrogen-bond donors (Lipinski definition) is 6. The van der Waals surface area contributed by atoms with E-state index < -0.39 is 60.1 Å². The Morgan fingerprint density at radius 3 is 2.50 bits per heavy atom. The summed E-state index contributed by atoms with van der Waals surface area (Å²) in [6.07, 6.45) is -6.14. The van der Waals surface area contributed by atoms with Crippen molar-refractivity contribution < 1.29 is 60.6 Å². The summed E-state index contributed by atoms with van der Waals surface area (Å²) in [5.41, 5.74) is -0.879. The van der Waals surface area contributed by atoms with Crippen molar-refractivity contribution >= 4 is 29.1 Å². The number of nitrogens with one attached hydrogen (secondary N) is 1. The van der Waals surface area contributed by atoms with E-state index in [2.05, 4.69) is 28.2 Å². The van der Waals surface area contributed by atoms with Crippen LogP contribution in [0.1, 0.15) is 17.6 Å². The lowest BCUT2D eigenvalue weighted by molar-refractivity contribution is -0.0236. The molecule has 0 aromatic carbocycles. The maximum atomic E-state index is 14.7. The van der Waals surface area contributed by atoms with E-state index in [4.69, 9.17) is 19.4 Å². The summed E-state index contributed by atoms with van der Waals surface area (Å²) in [7, 11) is -16.8. The molecule has 21 heteroatoms. The van der Waals surface area contributed by atoms with Crippen molar-refractivity contribution in [2.45, 2.75) is 31.4 Å². The van der Waals surface area contributed by atoms with E-state index in [1.54, 1.807) is 0 Å². The Labute approximate surface area is 176 Å². The first kappa shape index (κ1) is 25.2. The molecule has 6 N–H and O–H groups in total. The molecule has 0 saturated carbocycles. The smallest absolute Gasteiger partial charge is 0.387 e. The van der Waals surface area contributed by atoms with Crippen LogP contribution in [-0.4, -0.2) is 69.2 Å². The van der Waals surface area contributed by atoms with E-state index >= 15 is 0 Å². The zero-order chi connectivity index (χ0) is 24.1. The molecule has 1 saturated heterocycles. The van der Waals surface area contributed by atoms with Crippen molar-refractivity contribution in [3.8, 4) is 0 Å². The fourth-order valence-corrected chi connectivity index (χ4v) is 5.81. The molecule has 1 aliphatic rings. The van der Waals surface area contributed by atoms with Crippen molar-refractivity contribution in [1.82, 2.24) is 19.6 Å². The first-order valence-electron chi connectivity index (χ1n) is 8.29. The summed E-state index contributed by atoms with van der Waals surface area (Å²) >= 11 is 0. The molecule has 3 rings (SSSR count). The number of phosphoric ester groups is 1. The Morgan fingerprint density at radius 2 is 1.88 bits per heavy atom. The van der Waals surface area contributed by atoms with Gasteiger partial charge in [0.2, 0.25) is 5.65 Å². The molecule has 0 spiro atoms. The van der Waals surface area contributed by atoms with E-state index in [0.717, 1.165) is 10.7 Å². The Morgan fingerprint density at radius 1 is 1.22 bits per heavy atom. The summed E-state index contributed by atoms with van der Waals surface area (Å²) < 4.78 is 66.1. The predicted octanol–water partition coefficient (Wildman–Crippen LogP) is -0.792. The van der Waals surface area contributed by atoms with E-state index in [-0.39, 0.29) is 17.2 Å². The first-order chi connectivity index (χ1) is 14.6. The van der Waals surface area contributed by atoms with E-state index in [0.29, 0.717) is 0 Å². The number of aryl methyl sites for hydroxylation is 1. The number of alkyl halides is 1. The van der Waals surface area contributed by atoms with Gasteiger partial charge in [-0.3, -0.25) is 9.32 Å². The molecule has 2 aromatic heterocycles. The van der Waals surface area contributed by atoms with Gasteiger partial charge in [-0.15, -0.1) is 0 Å². The van der Waals surface area contributed by atoms with Crippen LogP contribution in [0, 0.1) is 6.92 Å². The zero-order valence-corrected chi connectivity index (χ0v) is 18.3. The number of aromatic amines is 1. The minimum Gasteiger partial charge on any atom is -0.387 e. The quantitative estimate of drug-likeness (QED) is 0.231. The molecular weight excluding hydrogens is 508 g/mol. The van der Waals surface area contributed by atoms with Crippen LogP contribution in [0.15, 0.2) is 11.0 Å². The van der Waals surface area contributed by atoms with E-state index in [1.165, 1.54) is 6.92 Å². The van der Waals surface area contributed by atoms with Gasteiger partial charge in [0.1, 0.15) is 24.1 Å². The third kappa shape index (κ3) is 5.75. The van der Waals surface area contributed by atoms with Gasteiger partial charge < -0.3 is 34.4 Å². The fraction of sp³-hybridized carbons (Fsp3) is 0.545. The van der Waals surface area contributed by atoms with Gasteiger partial charge in [-0.25, -0.2) is 27.6 Å². The zero-order valence-electron chi connectivity index (χ0n) is 15.7. The summed E-state index contributed by atoms with van der Waals surface area (Å²) in [5, 5.41) is 14.0. The van der Waals surface area contributed by atoms with Crippen LogP contribution < -0.4 is 5.56 Å². The molecular formula is C11H16FN4O13P3. The standard InChI is InChI=1S/C11H16FN4O13P3/c1-4-14-11(18)10-13-2-5(16(10)15-4)9-7(12)8(17)6(27-9)3-26-31(22,23)29-32(24,25)28-30(19,20)21/h2,6-9,17H,3H2,1H3,(H,22,23)(H,24,25)(H,14,15,18)(H2,19,20,21)/t6-,7-,8-,9+/m1/s1. The first-order valence-corrected chi connectivity index (χ1v) is 12.8.